The summed E-state index contributed by atoms with van der Waals surface area (Å²) >= 11 is 0. The molecule has 0 fully saturated rings. The molecule has 0 saturated heterocycles. The zero-order valence-corrected chi connectivity index (χ0v) is 9.24. The summed E-state index contributed by atoms with van der Waals surface area (Å²) in [6, 6.07) is 4.73. The number of rotatable bonds is 5. The Balaban J connectivity index is 2.75. The van der Waals surface area contributed by atoms with Crippen LogP contribution in [0.1, 0.15) is 11.1 Å². The van der Waals surface area contributed by atoms with Crippen LogP contribution in [0.2, 0.25) is 0 Å². The monoisotopic (exact) mass is 225 g/mol. The predicted molar refractivity (Wildman–Crippen MR) is 59.8 cm³/mol. The summed E-state index contributed by atoms with van der Waals surface area (Å²) in [6.45, 7) is 0.807. The Bertz CT molecular complexity index is 381. The Labute approximate surface area is 94.0 Å². The van der Waals surface area contributed by atoms with E-state index in [-0.39, 0.29) is 12.4 Å². The molecule has 0 aromatic heterocycles. The van der Waals surface area contributed by atoms with E-state index in [1.54, 1.807) is 24.1 Å². The van der Waals surface area contributed by atoms with Gasteiger partial charge in [-0.15, -0.1) is 0 Å². The van der Waals surface area contributed by atoms with E-state index in [9.17, 15) is 9.18 Å². The first-order chi connectivity index (χ1) is 7.52. The molecule has 16 heavy (non-hydrogen) atoms. The van der Waals surface area contributed by atoms with Crippen LogP contribution in [-0.2, 0) is 17.9 Å². The van der Waals surface area contributed by atoms with E-state index in [1.165, 1.54) is 6.07 Å². The van der Waals surface area contributed by atoms with Crippen molar-refractivity contribution in [3.63, 3.8) is 0 Å². The van der Waals surface area contributed by atoms with Crippen molar-refractivity contribution in [3.05, 3.63) is 35.1 Å². The molecule has 0 unspecified atom stereocenters. The zero-order valence-electron chi connectivity index (χ0n) is 9.24. The van der Waals surface area contributed by atoms with E-state index in [0.717, 1.165) is 5.56 Å². The molecule has 1 aromatic rings. The molecule has 0 radical (unpaired) electrons. The standard InChI is InChI=1S/C11H16FN3O/c1-15(7-11(14)16)6-9-4-8(5-13)2-3-10(9)12/h2-4H,5-7,13H2,1H3,(H2,14,16). The van der Waals surface area contributed by atoms with Crippen molar-refractivity contribution >= 4 is 5.91 Å². The molecule has 0 aliphatic heterocycles. The number of hydrogen-bond donors (Lipinski definition) is 2. The first-order valence-electron chi connectivity index (χ1n) is 4.97. The second-order valence-corrected chi connectivity index (χ2v) is 3.77. The van der Waals surface area contributed by atoms with Crippen LogP contribution in [0.4, 0.5) is 4.39 Å². The molecule has 1 amide bonds. The number of nitrogens with zero attached hydrogens (tertiary/aromatic N) is 1. The minimum Gasteiger partial charge on any atom is -0.369 e. The molecular weight excluding hydrogens is 209 g/mol. The van der Waals surface area contributed by atoms with Gasteiger partial charge in [-0.3, -0.25) is 9.69 Å². The first kappa shape index (κ1) is 12.6. The molecule has 0 bridgehead atoms. The van der Waals surface area contributed by atoms with Crippen molar-refractivity contribution in [2.45, 2.75) is 13.1 Å². The van der Waals surface area contributed by atoms with Crippen LogP contribution in [0.5, 0.6) is 0 Å². The van der Waals surface area contributed by atoms with E-state index in [4.69, 9.17) is 11.5 Å². The minimum absolute atomic E-state index is 0.103. The average molecular weight is 225 g/mol. The minimum atomic E-state index is -0.433. The van der Waals surface area contributed by atoms with Crippen LogP contribution < -0.4 is 11.5 Å². The zero-order chi connectivity index (χ0) is 12.1. The smallest absolute Gasteiger partial charge is 0.231 e. The molecule has 1 rings (SSSR count). The van der Waals surface area contributed by atoms with Gasteiger partial charge in [-0.05, 0) is 18.7 Å². The summed E-state index contributed by atoms with van der Waals surface area (Å²) in [7, 11) is 1.71. The first-order valence-corrected chi connectivity index (χ1v) is 4.97. The molecule has 88 valence electrons. The number of carbonyl (C=O) groups excluding carboxylic acids is 1. The number of primary amides is 1. The largest absolute Gasteiger partial charge is 0.369 e. The van der Waals surface area contributed by atoms with Crippen molar-refractivity contribution in [2.75, 3.05) is 13.6 Å². The molecule has 0 atom stereocenters. The van der Waals surface area contributed by atoms with Crippen LogP contribution in [0.25, 0.3) is 0 Å². The summed E-state index contributed by atoms with van der Waals surface area (Å²) in [4.78, 5) is 12.3. The van der Waals surface area contributed by atoms with Crippen LogP contribution >= 0.6 is 0 Å². The Hall–Kier alpha value is -1.46. The molecule has 0 saturated carbocycles. The van der Waals surface area contributed by atoms with E-state index >= 15 is 0 Å². The van der Waals surface area contributed by atoms with Gasteiger partial charge in [0, 0.05) is 18.7 Å². The summed E-state index contributed by atoms with van der Waals surface area (Å²) in [5.41, 5.74) is 11.9. The summed E-state index contributed by atoms with van der Waals surface area (Å²) in [6.07, 6.45) is 0. The maximum absolute atomic E-state index is 13.4. The van der Waals surface area contributed by atoms with Gasteiger partial charge in [0.25, 0.3) is 0 Å². The van der Waals surface area contributed by atoms with Crippen molar-refractivity contribution in [2.24, 2.45) is 11.5 Å². The fourth-order valence-electron chi connectivity index (χ4n) is 1.49. The van der Waals surface area contributed by atoms with Gasteiger partial charge >= 0.3 is 0 Å². The van der Waals surface area contributed by atoms with Gasteiger partial charge in [-0.2, -0.15) is 0 Å². The van der Waals surface area contributed by atoms with Gasteiger partial charge in [0.2, 0.25) is 5.91 Å². The number of carbonyl (C=O) groups is 1. The predicted octanol–water partition coefficient (Wildman–Crippen LogP) is 0.201. The highest BCUT2D eigenvalue weighted by atomic mass is 19.1. The quantitative estimate of drug-likeness (QED) is 0.752. The topological polar surface area (TPSA) is 72.3 Å². The maximum Gasteiger partial charge on any atom is 0.231 e. The van der Waals surface area contributed by atoms with Crippen LogP contribution in [0.3, 0.4) is 0 Å². The number of benzene rings is 1. The highest BCUT2D eigenvalue weighted by Gasteiger charge is 2.08. The number of halogens is 1. The van der Waals surface area contributed by atoms with Gasteiger partial charge < -0.3 is 11.5 Å². The Morgan fingerprint density at radius 1 is 1.50 bits per heavy atom. The van der Waals surface area contributed by atoms with Crippen LogP contribution in [0.15, 0.2) is 18.2 Å². The lowest BCUT2D eigenvalue weighted by molar-refractivity contribution is -0.118. The second kappa shape index (κ2) is 5.58. The molecule has 5 heteroatoms. The summed E-state index contributed by atoms with van der Waals surface area (Å²) in [5, 5.41) is 0. The lowest BCUT2D eigenvalue weighted by Crippen LogP contribution is -2.30. The number of amides is 1. The molecule has 0 spiro atoms. The third-order valence-corrected chi connectivity index (χ3v) is 2.21. The highest BCUT2D eigenvalue weighted by molar-refractivity contribution is 5.75. The van der Waals surface area contributed by atoms with E-state index in [0.29, 0.717) is 18.7 Å². The van der Waals surface area contributed by atoms with Crippen molar-refractivity contribution in [3.8, 4) is 0 Å². The summed E-state index contributed by atoms with van der Waals surface area (Å²) in [5.74, 6) is -0.730. The van der Waals surface area contributed by atoms with Gasteiger partial charge in [0.1, 0.15) is 5.82 Å². The molecular formula is C11H16FN3O. The SMILES string of the molecule is CN(CC(N)=O)Cc1cc(CN)ccc1F. The number of hydrogen-bond acceptors (Lipinski definition) is 3. The van der Waals surface area contributed by atoms with E-state index in [1.807, 2.05) is 0 Å². The van der Waals surface area contributed by atoms with E-state index in [2.05, 4.69) is 0 Å². The molecule has 0 heterocycles. The molecule has 4 nitrogen and oxygen atoms in total. The van der Waals surface area contributed by atoms with Gasteiger partial charge in [0.15, 0.2) is 0 Å². The third kappa shape index (κ3) is 3.60. The lowest BCUT2D eigenvalue weighted by Gasteiger charge is -2.15. The summed E-state index contributed by atoms with van der Waals surface area (Å²) < 4.78 is 13.4. The second-order valence-electron chi connectivity index (χ2n) is 3.77. The fourth-order valence-corrected chi connectivity index (χ4v) is 1.49. The molecule has 1 aromatic carbocycles. The average Bonchev–Trinajstić information content (AvgIpc) is 2.20. The molecule has 0 aliphatic rings. The van der Waals surface area contributed by atoms with Crippen LogP contribution in [-0.4, -0.2) is 24.4 Å². The van der Waals surface area contributed by atoms with Gasteiger partial charge in [0.05, 0.1) is 6.54 Å². The number of nitrogens with two attached hydrogens (primary N) is 2. The van der Waals surface area contributed by atoms with Crippen molar-refractivity contribution < 1.29 is 9.18 Å². The Morgan fingerprint density at radius 2 is 2.19 bits per heavy atom. The third-order valence-electron chi connectivity index (χ3n) is 2.21. The Morgan fingerprint density at radius 3 is 2.75 bits per heavy atom. The normalized spacial score (nSPS) is 10.8. The van der Waals surface area contributed by atoms with Crippen molar-refractivity contribution in [1.82, 2.24) is 4.90 Å². The van der Waals surface area contributed by atoms with Gasteiger partial charge in [-0.1, -0.05) is 12.1 Å². The fraction of sp³-hybridized carbons (Fsp3) is 0.364. The maximum atomic E-state index is 13.4. The van der Waals surface area contributed by atoms with Crippen LogP contribution in [0, 0.1) is 5.82 Å². The molecule has 0 aliphatic carbocycles. The number of likely N-dealkylation sites (N-methyl/N-ethyl adjacent to an activating group) is 1. The van der Waals surface area contributed by atoms with Gasteiger partial charge in [-0.25, -0.2) is 4.39 Å². The highest BCUT2D eigenvalue weighted by Crippen LogP contribution is 2.12. The Kier molecular flexibility index (Phi) is 4.39. The molecule has 4 N–H and O–H groups in total. The lowest BCUT2D eigenvalue weighted by atomic mass is 10.1. The van der Waals surface area contributed by atoms with Crippen molar-refractivity contribution in [1.29, 1.82) is 0 Å². The van der Waals surface area contributed by atoms with E-state index < -0.39 is 5.91 Å².